The van der Waals surface area contributed by atoms with Gasteiger partial charge in [0.2, 0.25) is 0 Å². The summed E-state index contributed by atoms with van der Waals surface area (Å²) in [5.41, 5.74) is 1.16. The number of hydrogen-bond donors (Lipinski definition) is 2. The maximum absolute atomic E-state index is 5.68. The zero-order valence-corrected chi connectivity index (χ0v) is 17.2. The highest BCUT2D eigenvalue weighted by Gasteiger charge is 2.14. The van der Waals surface area contributed by atoms with Crippen LogP contribution >= 0.6 is 11.3 Å². The number of thiazole rings is 1. The van der Waals surface area contributed by atoms with Crippen molar-refractivity contribution in [3.05, 3.63) is 16.1 Å². The summed E-state index contributed by atoms with van der Waals surface area (Å²) < 4.78 is 11.2. The SMILES string of the molecule is CCNC(=NCCCOCC1CCCO1)NCCc1csc(C(C)C)n1. The van der Waals surface area contributed by atoms with Crippen LogP contribution in [-0.4, -0.2) is 56.5 Å². The summed E-state index contributed by atoms with van der Waals surface area (Å²) in [7, 11) is 0. The Balaban J connectivity index is 1.60. The molecule has 2 rings (SSSR count). The molecule has 0 bridgehead atoms. The van der Waals surface area contributed by atoms with Crippen LogP contribution in [0.25, 0.3) is 0 Å². The van der Waals surface area contributed by atoms with Gasteiger partial charge in [0, 0.05) is 50.6 Å². The Labute approximate surface area is 161 Å². The minimum Gasteiger partial charge on any atom is -0.379 e. The molecule has 148 valence electrons. The van der Waals surface area contributed by atoms with E-state index in [-0.39, 0.29) is 0 Å². The average Bonchev–Trinajstić information content (AvgIpc) is 3.29. The van der Waals surface area contributed by atoms with E-state index in [4.69, 9.17) is 9.47 Å². The van der Waals surface area contributed by atoms with Crippen LogP contribution in [0.1, 0.15) is 56.7 Å². The van der Waals surface area contributed by atoms with Gasteiger partial charge in [0.1, 0.15) is 0 Å². The van der Waals surface area contributed by atoms with Crippen LogP contribution in [0.2, 0.25) is 0 Å². The lowest BCUT2D eigenvalue weighted by Crippen LogP contribution is -2.38. The number of nitrogens with zero attached hydrogens (tertiary/aromatic N) is 2. The third-order valence-corrected chi connectivity index (χ3v) is 5.32. The van der Waals surface area contributed by atoms with Crippen molar-refractivity contribution in [2.75, 3.05) is 39.5 Å². The predicted molar refractivity (Wildman–Crippen MR) is 108 cm³/mol. The second-order valence-corrected chi connectivity index (χ2v) is 7.72. The largest absolute Gasteiger partial charge is 0.379 e. The Morgan fingerprint density at radius 3 is 3.04 bits per heavy atom. The van der Waals surface area contributed by atoms with Gasteiger partial charge in [0.25, 0.3) is 0 Å². The molecule has 1 aromatic heterocycles. The lowest BCUT2D eigenvalue weighted by atomic mass is 10.2. The molecular weight excluding hydrogens is 348 g/mol. The highest BCUT2D eigenvalue weighted by Crippen LogP contribution is 2.19. The number of ether oxygens (including phenoxy) is 2. The van der Waals surface area contributed by atoms with Crippen LogP contribution in [0.5, 0.6) is 0 Å². The lowest BCUT2D eigenvalue weighted by molar-refractivity contribution is 0.0171. The van der Waals surface area contributed by atoms with E-state index in [1.807, 2.05) is 0 Å². The van der Waals surface area contributed by atoms with Crippen molar-refractivity contribution >= 4 is 17.3 Å². The molecule has 2 N–H and O–H groups in total. The van der Waals surface area contributed by atoms with Crippen LogP contribution < -0.4 is 10.6 Å². The molecule has 2 heterocycles. The quantitative estimate of drug-likeness (QED) is 0.350. The Kier molecular flexibility index (Phi) is 9.95. The topological polar surface area (TPSA) is 67.8 Å². The van der Waals surface area contributed by atoms with Crippen molar-refractivity contribution in [3.63, 3.8) is 0 Å². The fraction of sp³-hybridized carbons (Fsp3) is 0.789. The zero-order valence-electron chi connectivity index (χ0n) is 16.4. The zero-order chi connectivity index (χ0) is 18.6. The molecular formula is C19H34N4O2S. The molecule has 0 saturated carbocycles. The van der Waals surface area contributed by atoms with Gasteiger partial charge in [-0.05, 0) is 26.2 Å². The molecule has 0 aromatic carbocycles. The summed E-state index contributed by atoms with van der Waals surface area (Å²) in [5.74, 6) is 1.37. The molecule has 0 radical (unpaired) electrons. The van der Waals surface area contributed by atoms with Gasteiger partial charge in [-0.25, -0.2) is 4.98 Å². The van der Waals surface area contributed by atoms with E-state index < -0.39 is 0 Å². The molecule has 0 spiro atoms. The molecule has 1 fully saturated rings. The smallest absolute Gasteiger partial charge is 0.191 e. The van der Waals surface area contributed by atoms with Gasteiger partial charge < -0.3 is 20.1 Å². The first-order chi connectivity index (χ1) is 12.7. The average molecular weight is 383 g/mol. The second kappa shape index (κ2) is 12.3. The van der Waals surface area contributed by atoms with E-state index in [0.29, 0.717) is 18.6 Å². The lowest BCUT2D eigenvalue weighted by Gasteiger charge is -2.11. The number of guanidine groups is 1. The third kappa shape index (κ3) is 8.01. The van der Waals surface area contributed by atoms with Gasteiger partial charge in [-0.3, -0.25) is 4.99 Å². The summed E-state index contributed by atoms with van der Waals surface area (Å²) in [6, 6.07) is 0. The maximum Gasteiger partial charge on any atom is 0.191 e. The second-order valence-electron chi connectivity index (χ2n) is 6.83. The molecule has 1 atom stereocenters. The maximum atomic E-state index is 5.68. The summed E-state index contributed by atoms with van der Waals surface area (Å²) in [6.07, 6.45) is 4.44. The number of nitrogens with one attached hydrogen (secondary N) is 2. The van der Waals surface area contributed by atoms with Crippen molar-refractivity contribution < 1.29 is 9.47 Å². The van der Waals surface area contributed by atoms with E-state index in [9.17, 15) is 0 Å². The fourth-order valence-corrected chi connectivity index (χ4v) is 3.57. The molecule has 1 aromatic rings. The highest BCUT2D eigenvalue weighted by molar-refractivity contribution is 7.09. The molecule has 1 aliphatic heterocycles. The molecule has 0 aliphatic carbocycles. The standard InChI is InChI=1S/C19H34N4O2S/c1-4-20-19(21-9-6-11-24-13-17-7-5-12-25-17)22-10-8-16-14-26-18(23-16)15(2)3/h14-15,17H,4-13H2,1-3H3,(H2,20,21,22). The molecule has 26 heavy (non-hydrogen) atoms. The number of aromatic nitrogens is 1. The Bertz CT molecular complexity index is 527. The van der Waals surface area contributed by atoms with Gasteiger partial charge in [-0.1, -0.05) is 13.8 Å². The first kappa shape index (κ1) is 21.1. The van der Waals surface area contributed by atoms with Gasteiger partial charge >= 0.3 is 0 Å². The van der Waals surface area contributed by atoms with Gasteiger partial charge in [-0.2, -0.15) is 0 Å². The Morgan fingerprint density at radius 1 is 1.46 bits per heavy atom. The van der Waals surface area contributed by atoms with E-state index in [1.54, 1.807) is 11.3 Å². The first-order valence-electron chi connectivity index (χ1n) is 9.84. The van der Waals surface area contributed by atoms with E-state index in [2.05, 4.69) is 46.8 Å². The van der Waals surface area contributed by atoms with Crippen molar-refractivity contribution in [2.45, 2.75) is 58.5 Å². The number of hydrogen-bond acceptors (Lipinski definition) is 5. The van der Waals surface area contributed by atoms with Gasteiger partial charge in [-0.15, -0.1) is 11.3 Å². The molecule has 0 amide bonds. The van der Waals surface area contributed by atoms with Crippen molar-refractivity contribution in [3.8, 4) is 0 Å². The molecule has 7 heteroatoms. The normalized spacial score (nSPS) is 17.8. The molecule has 1 aliphatic rings. The predicted octanol–water partition coefficient (Wildman–Crippen LogP) is 2.95. The first-order valence-corrected chi connectivity index (χ1v) is 10.7. The van der Waals surface area contributed by atoms with Crippen molar-refractivity contribution in [2.24, 2.45) is 4.99 Å². The van der Waals surface area contributed by atoms with Gasteiger partial charge in [0.15, 0.2) is 5.96 Å². The van der Waals surface area contributed by atoms with E-state index in [1.165, 1.54) is 5.01 Å². The van der Waals surface area contributed by atoms with Crippen LogP contribution in [-0.2, 0) is 15.9 Å². The van der Waals surface area contributed by atoms with Crippen molar-refractivity contribution in [1.29, 1.82) is 0 Å². The molecule has 6 nitrogen and oxygen atoms in total. The summed E-state index contributed by atoms with van der Waals surface area (Å²) in [6.45, 7) is 11.2. The van der Waals surface area contributed by atoms with Crippen LogP contribution in [0.15, 0.2) is 10.4 Å². The van der Waals surface area contributed by atoms with Crippen molar-refractivity contribution in [1.82, 2.24) is 15.6 Å². The third-order valence-electron chi connectivity index (χ3n) is 4.13. The number of rotatable bonds is 11. The Hall–Kier alpha value is -1.18. The minimum absolute atomic E-state index is 0.305. The van der Waals surface area contributed by atoms with E-state index >= 15 is 0 Å². The minimum atomic E-state index is 0.305. The Morgan fingerprint density at radius 2 is 2.35 bits per heavy atom. The molecule has 1 unspecified atom stereocenters. The van der Waals surface area contributed by atoms with Crippen LogP contribution in [0.3, 0.4) is 0 Å². The summed E-state index contributed by atoms with van der Waals surface area (Å²) in [5, 5.41) is 10.0. The number of aliphatic imine (C=N–C) groups is 1. The highest BCUT2D eigenvalue weighted by atomic mass is 32.1. The van der Waals surface area contributed by atoms with Gasteiger partial charge in [0.05, 0.1) is 23.4 Å². The van der Waals surface area contributed by atoms with E-state index in [0.717, 1.165) is 70.2 Å². The van der Waals surface area contributed by atoms with Crippen LogP contribution in [0.4, 0.5) is 0 Å². The van der Waals surface area contributed by atoms with Crippen LogP contribution in [0, 0.1) is 0 Å². The summed E-state index contributed by atoms with van der Waals surface area (Å²) >= 11 is 1.75. The molecule has 1 saturated heterocycles. The summed E-state index contributed by atoms with van der Waals surface area (Å²) in [4.78, 5) is 9.29. The fourth-order valence-electron chi connectivity index (χ4n) is 2.70. The monoisotopic (exact) mass is 382 g/mol.